The van der Waals surface area contributed by atoms with E-state index in [9.17, 15) is 20.1 Å². The molecule has 21 heavy (non-hydrogen) atoms. The molecule has 1 amide bonds. The Bertz CT molecular complexity index is 496. The maximum atomic E-state index is 11.6. The molecule has 0 radical (unpaired) electrons. The summed E-state index contributed by atoms with van der Waals surface area (Å²) in [6, 6.07) is 3.03. The maximum Gasteiger partial charge on any atom is 0.305 e. The third-order valence-corrected chi connectivity index (χ3v) is 3.03. The zero-order chi connectivity index (χ0) is 15.4. The number of nitrogens with one attached hydrogen (secondary N) is 3. The summed E-state index contributed by atoms with van der Waals surface area (Å²) >= 11 is 4.90. The van der Waals surface area contributed by atoms with Crippen molar-refractivity contribution < 1.29 is 29.3 Å². The molecule has 0 bridgehead atoms. The number of carbonyl (C=O) groups excluding carboxylic acids is 1. The lowest BCUT2D eigenvalue weighted by Crippen LogP contribution is -2.61. The van der Waals surface area contributed by atoms with Crippen molar-refractivity contribution in [3.63, 3.8) is 0 Å². The molecule has 1 aliphatic rings. The topological polar surface area (TPSA) is 136 Å². The van der Waals surface area contributed by atoms with E-state index in [1.54, 1.807) is 6.07 Å². The van der Waals surface area contributed by atoms with Crippen LogP contribution >= 0.6 is 12.2 Å². The fraction of sp³-hybridized carbons (Fsp3) is 0.455. The highest BCUT2D eigenvalue weighted by atomic mass is 32.1. The summed E-state index contributed by atoms with van der Waals surface area (Å²) < 4.78 is 9.97. The number of thiocarbonyl (C=S) groups is 1. The molecule has 2 heterocycles. The number of rotatable bonds is 2. The van der Waals surface area contributed by atoms with Gasteiger partial charge >= 0.3 is 5.91 Å². The van der Waals surface area contributed by atoms with Crippen molar-refractivity contribution in [1.82, 2.24) is 16.2 Å². The van der Waals surface area contributed by atoms with Crippen molar-refractivity contribution in [2.45, 2.75) is 24.5 Å². The molecule has 1 aliphatic heterocycles. The summed E-state index contributed by atoms with van der Waals surface area (Å²) in [5.74, 6) is -0.442. The molecule has 9 nitrogen and oxygen atoms in total. The van der Waals surface area contributed by atoms with E-state index >= 15 is 0 Å². The average molecular weight is 317 g/mol. The number of hydrogen-bond donors (Lipinski definition) is 6. The number of hydrazine groups is 1. The molecular weight excluding hydrogens is 302 g/mol. The van der Waals surface area contributed by atoms with E-state index in [0.717, 1.165) is 0 Å². The third kappa shape index (κ3) is 3.89. The third-order valence-electron chi connectivity index (χ3n) is 2.81. The van der Waals surface area contributed by atoms with Gasteiger partial charge < -0.3 is 29.8 Å². The molecule has 1 aromatic rings. The number of aliphatic hydroxyl groups excluding tert-OH is 3. The predicted molar refractivity (Wildman–Crippen MR) is 72.8 cm³/mol. The van der Waals surface area contributed by atoms with E-state index in [0.29, 0.717) is 0 Å². The summed E-state index contributed by atoms with van der Waals surface area (Å²) in [4.78, 5) is 11.6. The summed E-state index contributed by atoms with van der Waals surface area (Å²) in [7, 11) is 0. The number of amides is 1. The minimum atomic E-state index is -1.37. The lowest BCUT2D eigenvalue weighted by Gasteiger charge is -2.35. The van der Waals surface area contributed by atoms with Crippen LogP contribution in [0.5, 0.6) is 0 Å². The summed E-state index contributed by atoms with van der Waals surface area (Å²) in [6.07, 6.45) is -3.54. The lowest BCUT2D eigenvalue weighted by molar-refractivity contribution is -0.190. The molecular formula is C11H15N3O6S. The Balaban J connectivity index is 1.78. The van der Waals surface area contributed by atoms with Gasteiger partial charge in [0, 0.05) is 0 Å². The standard InChI is InChI=1S/C11H15N3O6S/c15-5-4-20-10(8(17)7(5)16)12-11(21)14-13-9(18)6-2-1-3-19-6/h1-3,5,7-8,10,15-17H,4H2,(H,13,18)(H2,12,14,21)/t5-,7-,8+,10?/m1/s1. The van der Waals surface area contributed by atoms with Gasteiger partial charge in [0.05, 0.1) is 12.9 Å². The predicted octanol–water partition coefficient (Wildman–Crippen LogP) is -2.17. The Kier molecular flexibility index (Phi) is 5.09. The maximum absolute atomic E-state index is 11.6. The van der Waals surface area contributed by atoms with Gasteiger partial charge in [0.1, 0.15) is 18.3 Å². The van der Waals surface area contributed by atoms with Crippen LogP contribution in [0.3, 0.4) is 0 Å². The molecule has 116 valence electrons. The smallest absolute Gasteiger partial charge is 0.305 e. The Morgan fingerprint density at radius 3 is 2.71 bits per heavy atom. The van der Waals surface area contributed by atoms with Crippen LogP contribution in [0.25, 0.3) is 0 Å². The van der Waals surface area contributed by atoms with Gasteiger partial charge in [0.15, 0.2) is 17.1 Å². The fourth-order valence-corrected chi connectivity index (χ4v) is 1.85. The summed E-state index contributed by atoms with van der Waals surface area (Å²) in [5, 5.41) is 31.0. The van der Waals surface area contributed by atoms with E-state index in [1.165, 1.54) is 12.3 Å². The first-order valence-electron chi connectivity index (χ1n) is 6.05. The van der Waals surface area contributed by atoms with Crippen LogP contribution in [0, 0.1) is 0 Å². The van der Waals surface area contributed by atoms with Crippen LogP contribution < -0.4 is 16.2 Å². The monoisotopic (exact) mass is 317 g/mol. The van der Waals surface area contributed by atoms with E-state index in [4.69, 9.17) is 21.4 Å². The van der Waals surface area contributed by atoms with Gasteiger partial charge in [0.25, 0.3) is 0 Å². The molecule has 1 saturated heterocycles. The van der Waals surface area contributed by atoms with Crippen molar-refractivity contribution in [3.05, 3.63) is 24.2 Å². The molecule has 1 fully saturated rings. The van der Waals surface area contributed by atoms with Crippen molar-refractivity contribution in [2.24, 2.45) is 0 Å². The van der Waals surface area contributed by atoms with E-state index in [-0.39, 0.29) is 17.5 Å². The molecule has 4 atom stereocenters. The van der Waals surface area contributed by atoms with E-state index < -0.39 is 30.4 Å². The quantitative estimate of drug-likeness (QED) is 0.266. The van der Waals surface area contributed by atoms with Gasteiger partial charge in [-0.15, -0.1) is 0 Å². The summed E-state index contributed by atoms with van der Waals surface area (Å²) in [5.41, 5.74) is 4.66. The van der Waals surface area contributed by atoms with Gasteiger partial charge in [0.2, 0.25) is 0 Å². The molecule has 0 spiro atoms. The fourth-order valence-electron chi connectivity index (χ4n) is 1.68. The van der Waals surface area contributed by atoms with Crippen LogP contribution in [-0.2, 0) is 4.74 Å². The first kappa shape index (κ1) is 15.7. The zero-order valence-corrected chi connectivity index (χ0v) is 11.5. The average Bonchev–Trinajstić information content (AvgIpc) is 3.00. The second kappa shape index (κ2) is 6.83. The van der Waals surface area contributed by atoms with Crippen LogP contribution in [0.15, 0.2) is 22.8 Å². The van der Waals surface area contributed by atoms with Gasteiger partial charge in [-0.25, -0.2) is 0 Å². The number of carbonyl (C=O) groups is 1. The lowest BCUT2D eigenvalue weighted by atomic mass is 10.0. The Labute approximate surface area is 124 Å². The zero-order valence-electron chi connectivity index (χ0n) is 10.7. The van der Waals surface area contributed by atoms with Gasteiger partial charge in [-0.3, -0.25) is 15.6 Å². The van der Waals surface area contributed by atoms with Gasteiger partial charge in [-0.1, -0.05) is 0 Å². The number of aliphatic hydroxyl groups is 3. The second-order valence-electron chi connectivity index (χ2n) is 4.33. The Morgan fingerprint density at radius 1 is 1.29 bits per heavy atom. The number of hydrogen-bond acceptors (Lipinski definition) is 7. The van der Waals surface area contributed by atoms with E-state index in [1.807, 2.05) is 0 Å². The van der Waals surface area contributed by atoms with Crippen LogP contribution in [-0.4, -0.2) is 57.5 Å². The normalized spacial score (nSPS) is 28.7. The first-order chi connectivity index (χ1) is 9.99. The molecule has 0 aromatic carbocycles. The number of furan rings is 1. The van der Waals surface area contributed by atoms with Crippen LogP contribution in [0.4, 0.5) is 0 Å². The summed E-state index contributed by atoms with van der Waals surface area (Å²) in [6.45, 7) is -0.155. The van der Waals surface area contributed by atoms with Crippen LogP contribution in [0.2, 0.25) is 0 Å². The Morgan fingerprint density at radius 2 is 2.05 bits per heavy atom. The molecule has 10 heteroatoms. The highest BCUT2D eigenvalue weighted by molar-refractivity contribution is 7.80. The van der Waals surface area contributed by atoms with Gasteiger partial charge in [-0.2, -0.15) is 0 Å². The highest BCUT2D eigenvalue weighted by Gasteiger charge is 2.37. The largest absolute Gasteiger partial charge is 0.459 e. The molecule has 1 aromatic heterocycles. The van der Waals surface area contributed by atoms with Crippen molar-refractivity contribution in [1.29, 1.82) is 0 Å². The highest BCUT2D eigenvalue weighted by Crippen LogP contribution is 2.13. The Hall–Kier alpha value is -1.72. The van der Waals surface area contributed by atoms with Crippen molar-refractivity contribution in [3.8, 4) is 0 Å². The minimum Gasteiger partial charge on any atom is -0.459 e. The van der Waals surface area contributed by atoms with Gasteiger partial charge in [-0.05, 0) is 24.4 Å². The minimum absolute atomic E-state index is 0.0393. The molecule has 1 unspecified atom stereocenters. The molecule has 2 rings (SSSR count). The molecule has 0 aliphatic carbocycles. The van der Waals surface area contributed by atoms with E-state index in [2.05, 4.69) is 16.2 Å². The number of ether oxygens (including phenoxy) is 1. The molecule has 6 N–H and O–H groups in total. The van der Waals surface area contributed by atoms with Crippen molar-refractivity contribution >= 4 is 23.2 Å². The second-order valence-corrected chi connectivity index (χ2v) is 4.74. The first-order valence-corrected chi connectivity index (χ1v) is 6.46. The SMILES string of the molecule is O=C(NNC(=S)NC1OC[C@@H](O)[C@@H](O)[C@@H]1O)c1ccco1. The molecule has 0 saturated carbocycles. The van der Waals surface area contributed by atoms with Crippen molar-refractivity contribution in [2.75, 3.05) is 6.61 Å². The van der Waals surface area contributed by atoms with Crippen LogP contribution in [0.1, 0.15) is 10.6 Å².